The highest BCUT2D eigenvalue weighted by atomic mass is 16.3. The molecule has 1 fully saturated rings. The molecule has 0 saturated carbocycles. The molecule has 1 aliphatic rings. The van der Waals surface area contributed by atoms with E-state index in [-0.39, 0.29) is 0 Å². The van der Waals surface area contributed by atoms with Gasteiger partial charge in [-0.3, -0.25) is 0 Å². The van der Waals surface area contributed by atoms with Gasteiger partial charge in [0.2, 0.25) is 0 Å². The molecule has 18 heavy (non-hydrogen) atoms. The van der Waals surface area contributed by atoms with Crippen molar-refractivity contribution in [2.24, 2.45) is 7.05 Å². The largest absolute Gasteiger partial charge is 0.388 e. The Bertz CT molecular complexity index is 553. The number of aromatic nitrogens is 1. The maximum absolute atomic E-state index is 10.6. The molecule has 2 N–H and O–H groups in total. The van der Waals surface area contributed by atoms with Crippen LogP contribution in [0.25, 0.3) is 10.9 Å². The number of rotatable bonds is 2. The standard InChI is InChI=1S/C15H20N2O/c1-17-9-6-12-4-2-5-13(14(12)17)10-15(18)7-3-8-16-11-15/h2,4-6,9,16,18H,3,7-8,10-11H2,1H3. The third kappa shape index (κ3) is 2.04. The van der Waals surface area contributed by atoms with Crippen LogP contribution in [0, 0.1) is 0 Å². The van der Waals surface area contributed by atoms with E-state index in [0.29, 0.717) is 6.54 Å². The number of benzene rings is 1. The SMILES string of the molecule is Cn1ccc2cccc(CC3(O)CCCNC3)c21. The predicted octanol–water partition coefficient (Wildman–Crippen LogP) is 1.84. The van der Waals surface area contributed by atoms with Crippen molar-refractivity contribution < 1.29 is 5.11 Å². The first-order valence-electron chi connectivity index (χ1n) is 6.64. The van der Waals surface area contributed by atoms with Gasteiger partial charge in [0.05, 0.1) is 11.1 Å². The Labute approximate surface area is 107 Å². The van der Waals surface area contributed by atoms with Crippen molar-refractivity contribution in [2.75, 3.05) is 13.1 Å². The van der Waals surface area contributed by atoms with Crippen LogP contribution in [-0.2, 0) is 13.5 Å². The quantitative estimate of drug-likeness (QED) is 0.846. The molecule has 1 unspecified atom stereocenters. The zero-order valence-corrected chi connectivity index (χ0v) is 10.8. The number of aliphatic hydroxyl groups is 1. The highest BCUT2D eigenvalue weighted by Gasteiger charge is 2.30. The third-order valence-electron chi connectivity index (χ3n) is 3.95. The van der Waals surface area contributed by atoms with E-state index in [0.717, 1.165) is 25.8 Å². The Kier molecular flexibility index (Phi) is 2.88. The van der Waals surface area contributed by atoms with Gasteiger partial charge in [-0.1, -0.05) is 18.2 Å². The Balaban J connectivity index is 1.96. The maximum Gasteiger partial charge on any atom is 0.0812 e. The molecule has 1 aliphatic heterocycles. The lowest BCUT2D eigenvalue weighted by molar-refractivity contribution is 0.0172. The molecular weight excluding hydrogens is 224 g/mol. The third-order valence-corrected chi connectivity index (χ3v) is 3.95. The molecule has 0 bridgehead atoms. The van der Waals surface area contributed by atoms with Crippen molar-refractivity contribution in [3.05, 3.63) is 36.0 Å². The molecule has 0 amide bonds. The topological polar surface area (TPSA) is 37.2 Å². The number of para-hydroxylation sites is 1. The Morgan fingerprint density at radius 1 is 1.39 bits per heavy atom. The van der Waals surface area contributed by atoms with Gasteiger partial charge in [0.25, 0.3) is 0 Å². The number of piperidine rings is 1. The number of hydrogen-bond donors (Lipinski definition) is 2. The molecule has 3 rings (SSSR count). The van der Waals surface area contributed by atoms with Gasteiger partial charge in [-0.05, 0) is 36.4 Å². The summed E-state index contributed by atoms with van der Waals surface area (Å²) >= 11 is 0. The smallest absolute Gasteiger partial charge is 0.0812 e. The second-order valence-electron chi connectivity index (χ2n) is 5.46. The zero-order chi connectivity index (χ0) is 12.6. The first-order valence-corrected chi connectivity index (χ1v) is 6.64. The molecule has 96 valence electrons. The van der Waals surface area contributed by atoms with Crippen LogP contribution in [0.5, 0.6) is 0 Å². The molecule has 0 radical (unpaired) electrons. The summed E-state index contributed by atoms with van der Waals surface area (Å²) in [6, 6.07) is 8.47. The van der Waals surface area contributed by atoms with Crippen molar-refractivity contribution in [3.63, 3.8) is 0 Å². The number of aryl methyl sites for hydroxylation is 1. The number of fused-ring (bicyclic) bond motifs is 1. The van der Waals surface area contributed by atoms with E-state index >= 15 is 0 Å². The van der Waals surface area contributed by atoms with Crippen LogP contribution in [0.15, 0.2) is 30.5 Å². The van der Waals surface area contributed by atoms with Crippen LogP contribution in [0.4, 0.5) is 0 Å². The van der Waals surface area contributed by atoms with Crippen LogP contribution < -0.4 is 5.32 Å². The van der Waals surface area contributed by atoms with Gasteiger partial charge in [0, 0.05) is 26.2 Å². The molecule has 0 aliphatic carbocycles. The second-order valence-corrected chi connectivity index (χ2v) is 5.46. The summed E-state index contributed by atoms with van der Waals surface area (Å²) in [7, 11) is 2.06. The van der Waals surface area contributed by atoms with E-state index in [2.05, 4.69) is 47.4 Å². The molecular formula is C15H20N2O. The lowest BCUT2D eigenvalue weighted by Gasteiger charge is -2.33. The molecule has 1 atom stereocenters. The van der Waals surface area contributed by atoms with Gasteiger partial charge in [-0.15, -0.1) is 0 Å². The fourth-order valence-corrected chi connectivity index (χ4v) is 3.04. The molecule has 2 aromatic rings. The van der Waals surface area contributed by atoms with E-state index < -0.39 is 5.60 Å². The van der Waals surface area contributed by atoms with E-state index in [1.54, 1.807) is 0 Å². The predicted molar refractivity (Wildman–Crippen MR) is 73.7 cm³/mol. The molecule has 1 aromatic carbocycles. The molecule has 2 heterocycles. The van der Waals surface area contributed by atoms with Crippen molar-refractivity contribution in [2.45, 2.75) is 24.9 Å². The van der Waals surface area contributed by atoms with Crippen molar-refractivity contribution in [3.8, 4) is 0 Å². The van der Waals surface area contributed by atoms with Crippen molar-refractivity contribution >= 4 is 10.9 Å². The molecule has 3 nitrogen and oxygen atoms in total. The average molecular weight is 244 g/mol. The Morgan fingerprint density at radius 3 is 3.06 bits per heavy atom. The monoisotopic (exact) mass is 244 g/mol. The minimum atomic E-state index is -0.587. The zero-order valence-electron chi connectivity index (χ0n) is 10.8. The van der Waals surface area contributed by atoms with E-state index in [9.17, 15) is 5.11 Å². The molecule has 1 aromatic heterocycles. The highest BCUT2D eigenvalue weighted by Crippen LogP contribution is 2.26. The average Bonchev–Trinajstić information content (AvgIpc) is 2.73. The van der Waals surface area contributed by atoms with Gasteiger partial charge in [0.15, 0.2) is 0 Å². The minimum absolute atomic E-state index is 0.587. The summed E-state index contributed by atoms with van der Waals surface area (Å²) in [4.78, 5) is 0. The van der Waals surface area contributed by atoms with Gasteiger partial charge < -0.3 is 15.0 Å². The number of hydrogen-bond acceptors (Lipinski definition) is 2. The van der Waals surface area contributed by atoms with Crippen molar-refractivity contribution in [1.29, 1.82) is 0 Å². The first-order chi connectivity index (χ1) is 8.68. The first kappa shape index (κ1) is 11.8. The van der Waals surface area contributed by atoms with Crippen molar-refractivity contribution in [1.82, 2.24) is 9.88 Å². The number of nitrogens with zero attached hydrogens (tertiary/aromatic N) is 1. The summed E-state index contributed by atoms with van der Waals surface area (Å²) < 4.78 is 2.14. The molecule has 3 heteroatoms. The minimum Gasteiger partial charge on any atom is -0.388 e. The second kappa shape index (κ2) is 4.41. The molecule has 0 spiro atoms. The normalized spacial score (nSPS) is 24.6. The van der Waals surface area contributed by atoms with Crippen LogP contribution >= 0.6 is 0 Å². The van der Waals surface area contributed by atoms with Gasteiger partial charge in [0.1, 0.15) is 0 Å². The maximum atomic E-state index is 10.6. The van der Waals surface area contributed by atoms with Crippen LogP contribution in [0.3, 0.4) is 0 Å². The fraction of sp³-hybridized carbons (Fsp3) is 0.467. The summed E-state index contributed by atoms with van der Waals surface area (Å²) in [5.41, 5.74) is 1.90. The van der Waals surface area contributed by atoms with Crippen LogP contribution in [-0.4, -0.2) is 28.4 Å². The summed E-state index contributed by atoms with van der Waals surface area (Å²) in [6.07, 6.45) is 4.76. The summed E-state index contributed by atoms with van der Waals surface area (Å²) in [5, 5.41) is 15.2. The Hall–Kier alpha value is -1.32. The van der Waals surface area contributed by atoms with Gasteiger partial charge >= 0.3 is 0 Å². The number of nitrogens with one attached hydrogen (secondary N) is 1. The Morgan fingerprint density at radius 2 is 2.28 bits per heavy atom. The van der Waals surface area contributed by atoms with E-state index in [1.165, 1.54) is 16.5 Å². The van der Waals surface area contributed by atoms with E-state index in [1.807, 2.05) is 0 Å². The summed E-state index contributed by atoms with van der Waals surface area (Å²) in [6.45, 7) is 1.73. The molecule has 1 saturated heterocycles. The number of β-amino-alcohol motifs (C(OH)–C–C–N with tert-alkyl or cyclic N) is 1. The lowest BCUT2D eigenvalue weighted by atomic mass is 9.87. The van der Waals surface area contributed by atoms with E-state index in [4.69, 9.17) is 0 Å². The highest BCUT2D eigenvalue weighted by molar-refractivity contribution is 5.83. The summed E-state index contributed by atoms with van der Waals surface area (Å²) in [5.74, 6) is 0. The lowest BCUT2D eigenvalue weighted by Crippen LogP contribution is -2.47. The van der Waals surface area contributed by atoms with Crippen LogP contribution in [0.2, 0.25) is 0 Å². The van der Waals surface area contributed by atoms with Crippen LogP contribution in [0.1, 0.15) is 18.4 Å². The fourth-order valence-electron chi connectivity index (χ4n) is 3.04. The van der Waals surface area contributed by atoms with Gasteiger partial charge in [-0.25, -0.2) is 0 Å². The van der Waals surface area contributed by atoms with Gasteiger partial charge in [-0.2, -0.15) is 0 Å².